The number of hydrogen-bond acceptors (Lipinski definition) is 3. The zero-order chi connectivity index (χ0) is 18.9. The maximum absolute atomic E-state index is 12.4. The number of aryl methyl sites for hydroxylation is 1. The maximum atomic E-state index is 12.4. The molecule has 142 valence electrons. The van der Waals surface area contributed by atoms with Crippen LogP contribution in [-0.4, -0.2) is 40.4 Å². The molecule has 1 atom stereocenters. The molecule has 1 aliphatic rings. The van der Waals surface area contributed by atoms with Crippen molar-refractivity contribution in [2.45, 2.75) is 64.5 Å². The van der Waals surface area contributed by atoms with Gasteiger partial charge in [-0.05, 0) is 31.7 Å². The molecule has 0 aliphatic carbocycles. The molecule has 1 saturated heterocycles. The Morgan fingerprint density at radius 2 is 1.85 bits per heavy atom. The van der Waals surface area contributed by atoms with Crippen molar-refractivity contribution >= 4 is 17.8 Å². The molecule has 1 unspecified atom stereocenters. The number of rotatable bonds is 10. The minimum absolute atomic E-state index is 0.0272. The monoisotopic (exact) mass is 360 g/mol. The predicted molar refractivity (Wildman–Crippen MR) is 98.5 cm³/mol. The van der Waals surface area contributed by atoms with Gasteiger partial charge in [0.25, 0.3) is 0 Å². The van der Waals surface area contributed by atoms with Gasteiger partial charge in [-0.2, -0.15) is 0 Å². The summed E-state index contributed by atoms with van der Waals surface area (Å²) in [4.78, 5) is 36.7. The van der Waals surface area contributed by atoms with Gasteiger partial charge in [0.05, 0.1) is 0 Å². The molecule has 26 heavy (non-hydrogen) atoms. The zero-order valence-electron chi connectivity index (χ0n) is 15.4. The van der Waals surface area contributed by atoms with E-state index in [1.165, 1.54) is 5.56 Å². The van der Waals surface area contributed by atoms with E-state index in [0.717, 1.165) is 24.8 Å². The first kappa shape index (κ1) is 19.9. The number of carbonyl (C=O) groups is 3. The molecule has 1 aliphatic heterocycles. The highest BCUT2D eigenvalue weighted by Crippen LogP contribution is 2.22. The highest BCUT2D eigenvalue weighted by Gasteiger charge is 2.35. The van der Waals surface area contributed by atoms with Gasteiger partial charge in [0.15, 0.2) is 0 Å². The van der Waals surface area contributed by atoms with Gasteiger partial charge < -0.3 is 15.3 Å². The summed E-state index contributed by atoms with van der Waals surface area (Å²) in [6.45, 7) is 3.05. The van der Waals surface area contributed by atoms with Gasteiger partial charge in [-0.3, -0.25) is 14.4 Å². The molecule has 6 heteroatoms. The first-order chi connectivity index (χ1) is 12.5. The number of benzene rings is 1. The number of carboxylic acids is 1. The number of nitrogens with zero attached hydrogens (tertiary/aromatic N) is 1. The average molecular weight is 360 g/mol. The molecule has 1 fully saturated rings. The average Bonchev–Trinajstić information content (AvgIpc) is 2.96. The number of amides is 2. The summed E-state index contributed by atoms with van der Waals surface area (Å²) in [7, 11) is 0. The van der Waals surface area contributed by atoms with Crippen molar-refractivity contribution in [1.29, 1.82) is 0 Å². The molecule has 0 radical (unpaired) electrons. The van der Waals surface area contributed by atoms with Crippen LogP contribution in [0.15, 0.2) is 24.3 Å². The summed E-state index contributed by atoms with van der Waals surface area (Å²) >= 11 is 0. The highest BCUT2D eigenvalue weighted by molar-refractivity contribution is 5.90. The number of carbonyl (C=O) groups excluding carboxylic acids is 2. The van der Waals surface area contributed by atoms with Crippen molar-refractivity contribution in [3.05, 3.63) is 35.4 Å². The first-order valence-electron chi connectivity index (χ1n) is 9.32. The summed E-state index contributed by atoms with van der Waals surface area (Å²) in [5.74, 6) is -0.828. The van der Waals surface area contributed by atoms with Crippen LogP contribution in [0, 0.1) is 6.92 Å². The highest BCUT2D eigenvalue weighted by atomic mass is 16.4. The van der Waals surface area contributed by atoms with E-state index in [0.29, 0.717) is 32.4 Å². The van der Waals surface area contributed by atoms with Crippen LogP contribution in [0.4, 0.5) is 0 Å². The summed E-state index contributed by atoms with van der Waals surface area (Å²) in [6.07, 6.45) is 4.42. The van der Waals surface area contributed by atoms with E-state index < -0.39 is 12.0 Å². The van der Waals surface area contributed by atoms with Crippen LogP contribution >= 0.6 is 0 Å². The van der Waals surface area contributed by atoms with Crippen LogP contribution in [0.5, 0.6) is 0 Å². The molecular weight excluding hydrogens is 332 g/mol. The normalized spacial score (nSPS) is 16.7. The lowest BCUT2D eigenvalue weighted by molar-refractivity contribution is -0.137. The number of likely N-dealkylation sites (tertiary alicyclic amines) is 1. The standard InChI is InChI=1S/C20H28N2O4/c1-15-7-9-16(10-8-15)14-22-17(11-12-18(22)23)20(26)21-13-5-3-2-4-6-19(24)25/h7-10,17H,2-6,11-14H2,1H3,(H,21,26)(H,24,25). The summed E-state index contributed by atoms with van der Waals surface area (Å²) in [5, 5.41) is 11.5. The second-order valence-electron chi connectivity index (χ2n) is 6.91. The number of hydrogen-bond donors (Lipinski definition) is 2. The smallest absolute Gasteiger partial charge is 0.303 e. The molecule has 1 aromatic carbocycles. The summed E-state index contributed by atoms with van der Waals surface area (Å²) in [6, 6.07) is 7.61. The molecule has 2 N–H and O–H groups in total. The Labute approximate surface area is 154 Å². The number of unbranched alkanes of at least 4 members (excludes halogenated alkanes) is 3. The number of nitrogens with one attached hydrogen (secondary N) is 1. The van der Waals surface area contributed by atoms with Crippen molar-refractivity contribution in [1.82, 2.24) is 10.2 Å². The summed E-state index contributed by atoms with van der Waals surface area (Å²) in [5.41, 5.74) is 2.20. The molecule has 2 amide bonds. The Morgan fingerprint density at radius 3 is 2.54 bits per heavy atom. The van der Waals surface area contributed by atoms with Crippen molar-refractivity contribution in [3.63, 3.8) is 0 Å². The fourth-order valence-corrected chi connectivity index (χ4v) is 3.18. The second kappa shape index (κ2) is 9.94. The van der Waals surface area contributed by atoms with Crippen molar-refractivity contribution in [3.8, 4) is 0 Å². The number of aliphatic carboxylic acids is 1. The third-order valence-corrected chi connectivity index (χ3v) is 4.72. The van der Waals surface area contributed by atoms with Crippen molar-refractivity contribution < 1.29 is 19.5 Å². The summed E-state index contributed by atoms with van der Waals surface area (Å²) < 4.78 is 0. The van der Waals surface area contributed by atoms with Gasteiger partial charge in [-0.1, -0.05) is 42.7 Å². The minimum atomic E-state index is -0.766. The fraction of sp³-hybridized carbons (Fsp3) is 0.550. The molecule has 2 rings (SSSR count). The van der Waals surface area contributed by atoms with Crippen molar-refractivity contribution in [2.75, 3.05) is 6.54 Å². The van der Waals surface area contributed by atoms with E-state index in [9.17, 15) is 14.4 Å². The Bertz CT molecular complexity index is 627. The molecule has 1 heterocycles. The number of carboxylic acid groups (broad SMARTS) is 1. The third kappa shape index (κ3) is 6.17. The van der Waals surface area contributed by atoms with Crippen LogP contribution in [0.1, 0.15) is 56.1 Å². The van der Waals surface area contributed by atoms with Gasteiger partial charge in [0, 0.05) is 25.9 Å². The molecular formula is C20H28N2O4. The second-order valence-corrected chi connectivity index (χ2v) is 6.91. The Hall–Kier alpha value is -2.37. The van der Waals surface area contributed by atoms with E-state index in [4.69, 9.17) is 5.11 Å². The van der Waals surface area contributed by atoms with Gasteiger partial charge >= 0.3 is 5.97 Å². The zero-order valence-corrected chi connectivity index (χ0v) is 15.4. The lowest BCUT2D eigenvalue weighted by Gasteiger charge is -2.24. The molecule has 0 saturated carbocycles. The van der Waals surface area contributed by atoms with Gasteiger partial charge in [-0.25, -0.2) is 0 Å². The van der Waals surface area contributed by atoms with Gasteiger partial charge in [0.1, 0.15) is 6.04 Å². The topological polar surface area (TPSA) is 86.7 Å². The van der Waals surface area contributed by atoms with E-state index >= 15 is 0 Å². The van der Waals surface area contributed by atoms with Gasteiger partial charge in [-0.15, -0.1) is 0 Å². The van der Waals surface area contributed by atoms with E-state index in [2.05, 4.69) is 5.32 Å². The van der Waals surface area contributed by atoms with Gasteiger partial charge in [0.2, 0.25) is 11.8 Å². The SMILES string of the molecule is Cc1ccc(CN2C(=O)CCC2C(=O)NCCCCCCC(=O)O)cc1. The van der Waals surface area contributed by atoms with Crippen molar-refractivity contribution in [2.24, 2.45) is 0 Å². The Kier molecular flexibility index (Phi) is 7.63. The van der Waals surface area contributed by atoms with Crippen LogP contribution in [-0.2, 0) is 20.9 Å². The van der Waals surface area contributed by atoms with Crippen LogP contribution < -0.4 is 5.32 Å². The minimum Gasteiger partial charge on any atom is -0.481 e. The quantitative estimate of drug-likeness (QED) is 0.628. The molecule has 1 aromatic rings. The Balaban J connectivity index is 1.75. The maximum Gasteiger partial charge on any atom is 0.303 e. The van der Waals surface area contributed by atoms with Crippen LogP contribution in [0.3, 0.4) is 0 Å². The molecule has 0 spiro atoms. The van der Waals surface area contributed by atoms with E-state index in [-0.39, 0.29) is 18.2 Å². The van der Waals surface area contributed by atoms with Crippen LogP contribution in [0.25, 0.3) is 0 Å². The first-order valence-corrected chi connectivity index (χ1v) is 9.32. The Morgan fingerprint density at radius 1 is 1.15 bits per heavy atom. The predicted octanol–water partition coefficient (Wildman–Crippen LogP) is 2.64. The van der Waals surface area contributed by atoms with Crippen LogP contribution in [0.2, 0.25) is 0 Å². The third-order valence-electron chi connectivity index (χ3n) is 4.72. The molecule has 0 bridgehead atoms. The molecule has 0 aromatic heterocycles. The van der Waals surface area contributed by atoms with E-state index in [1.807, 2.05) is 31.2 Å². The lowest BCUT2D eigenvalue weighted by Crippen LogP contribution is -2.44. The largest absolute Gasteiger partial charge is 0.481 e. The lowest BCUT2D eigenvalue weighted by atomic mass is 10.1. The fourth-order valence-electron chi connectivity index (χ4n) is 3.18. The van der Waals surface area contributed by atoms with E-state index in [1.54, 1.807) is 4.90 Å². The molecule has 6 nitrogen and oxygen atoms in total.